The molecule has 150 valence electrons. The first-order valence-electron chi connectivity index (χ1n) is 10.1. The van der Waals surface area contributed by atoms with Gasteiger partial charge in [0, 0.05) is 10.9 Å². The van der Waals surface area contributed by atoms with Gasteiger partial charge in [0.2, 0.25) is 5.91 Å². The molecular formula is C26H24N2OS. The van der Waals surface area contributed by atoms with E-state index in [1.54, 1.807) is 0 Å². The number of nitrogens with zero attached hydrogens (tertiary/aromatic N) is 1. The lowest BCUT2D eigenvalue weighted by Crippen LogP contribution is -2.22. The second-order valence-corrected chi connectivity index (χ2v) is 8.42. The Bertz CT molecular complexity index is 1060. The molecule has 0 aliphatic heterocycles. The average molecular weight is 413 g/mol. The Balaban J connectivity index is 1.56. The number of carbonyl (C=O) groups is 1. The number of rotatable bonds is 6. The van der Waals surface area contributed by atoms with Crippen LogP contribution in [-0.4, -0.2) is 10.9 Å². The summed E-state index contributed by atoms with van der Waals surface area (Å²) in [5, 5.41) is 5.62. The Hall–Kier alpha value is -3.24. The standard InChI is InChI=1S/C26H24N2OS/c1-18(2)19-13-15-20(16-14-19)23-17-30-26(27-23)28-25(29)24(21-9-5-3-6-10-21)22-11-7-4-8-12-22/h3-18,24H,1-2H3,(H,27,28,29). The van der Waals surface area contributed by atoms with Crippen LogP contribution in [-0.2, 0) is 4.79 Å². The maximum atomic E-state index is 13.2. The van der Waals surface area contributed by atoms with Crippen molar-refractivity contribution in [3.63, 3.8) is 0 Å². The number of thiazole rings is 1. The minimum Gasteiger partial charge on any atom is -0.301 e. The number of aromatic nitrogens is 1. The van der Waals surface area contributed by atoms with Gasteiger partial charge in [-0.25, -0.2) is 4.98 Å². The van der Waals surface area contributed by atoms with E-state index < -0.39 is 0 Å². The van der Waals surface area contributed by atoms with E-state index in [9.17, 15) is 4.79 Å². The smallest absolute Gasteiger partial charge is 0.238 e. The second-order valence-electron chi connectivity index (χ2n) is 7.56. The van der Waals surface area contributed by atoms with E-state index in [-0.39, 0.29) is 11.8 Å². The van der Waals surface area contributed by atoms with E-state index in [2.05, 4.69) is 48.4 Å². The number of hydrogen-bond donors (Lipinski definition) is 1. The molecule has 0 saturated carbocycles. The summed E-state index contributed by atoms with van der Waals surface area (Å²) < 4.78 is 0. The average Bonchev–Trinajstić information content (AvgIpc) is 3.24. The molecule has 4 heteroatoms. The summed E-state index contributed by atoms with van der Waals surface area (Å²) in [4.78, 5) is 17.9. The summed E-state index contributed by atoms with van der Waals surface area (Å²) in [6, 6.07) is 28.2. The molecule has 0 bridgehead atoms. The van der Waals surface area contributed by atoms with Crippen LogP contribution in [0.1, 0.15) is 42.4 Å². The van der Waals surface area contributed by atoms with Crippen molar-refractivity contribution in [2.45, 2.75) is 25.7 Å². The highest BCUT2D eigenvalue weighted by Gasteiger charge is 2.23. The fourth-order valence-corrected chi connectivity index (χ4v) is 4.19. The monoisotopic (exact) mass is 412 g/mol. The van der Waals surface area contributed by atoms with Gasteiger partial charge < -0.3 is 5.32 Å². The zero-order valence-corrected chi connectivity index (χ0v) is 17.9. The molecule has 0 aliphatic carbocycles. The number of amides is 1. The van der Waals surface area contributed by atoms with Crippen molar-refractivity contribution >= 4 is 22.4 Å². The molecular weight excluding hydrogens is 388 g/mol. The van der Waals surface area contributed by atoms with Gasteiger partial charge in [-0.1, -0.05) is 98.8 Å². The van der Waals surface area contributed by atoms with Crippen molar-refractivity contribution in [2.24, 2.45) is 0 Å². The Kier molecular flexibility index (Phi) is 6.05. The topological polar surface area (TPSA) is 42.0 Å². The molecule has 0 unspecified atom stereocenters. The Morgan fingerprint density at radius 3 is 1.90 bits per heavy atom. The van der Waals surface area contributed by atoms with Crippen LogP contribution in [0, 0.1) is 0 Å². The molecule has 1 amide bonds. The van der Waals surface area contributed by atoms with Crippen LogP contribution in [0.5, 0.6) is 0 Å². The summed E-state index contributed by atoms with van der Waals surface area (Å²) in [6.45, 7) is 4.36. The van der Waals surface area contributed by atoms with Crippen LogP contribution in [0.4, 0.5) is 5.13 Å². The Labute approximate surface area is 181 Å². The summed E-state index contributed by atoms with van der Waals surface area (Å²) in [7, 11) is 0. The van der Waals surface area contributed by atoms with E-state index in [4.69, 9.17) is 0 Å². The third-order valence-corrected chi connectivity index (χ3v) is 5.89. The summed E-state index contributed by atoms with van der Waals surface area (Å²) in [5.74, 6) is 0.0331. The highest BCUT2D eigenvalue weighted by molar-refractivity contribution is 7.14. The van der Waals surface area contributed by atoms with E-state index in [1.807, 2.05) is 66.0 Å². The number of benzene rings is 3. The molecule has 0 atom stereocenters. The quantitative estimate of drug-likeness (QED) is 0.383. The third-order valence-electron chi connectivity index (χ3n) is 5.14. The molecule has 0 spiro atoms. The number of anilines is 1. The number of carbonyl (C=O) groups excluding carboxylic acids is 1. The van der Waals surface area contributed by atoms with Gasteiger partial charge in [0.15, 0.2) is 5.13 Å². The summed E-state index contributed by atoms with van der Waals surface area (Å²) >= 11 is 1.45. The highest BCUT2D eigenvalue weighted by atomic mass is 32.1. The van der Waals surface area contributed by atoms with Crippen molar-refractivity contribution in [3.05, 3.63) is 107 Å². The molecule has 1 N–H and O–H groups in total. The predicted octanol–water partition coefficient (Wildman–Crippen LogP) is 6.70. The van der Waals surface area contributed by atoms with Crippen molar-refractivity contribution in [3.8, 4) is 11.3 Å². The highest BCUT2D eigenvalue weighted by Crippen LogP contribution is 2.29. The normalized spacial score (nSPS) is 11.1. The SMILES string of the molecule is CC(C)c1ccc(-c2csc(NC(=O)C(c3ccccc3)c3ccccc3)n2)cc1. The van der Waals surface area contributed by atoms with Gasteiger partial charge in [0.05, 0.1) is 11.6 Å². The zero-order valence-electron chi connectivity index (χ0n) is 17.1. The van der Waals surface area contributed by atoms with Crippen molar-refractivity contribution in [1.82, 2.24) is 4.98 Å². The molecule has 0 saturated heterocycles. The fraction of sp³-hybridized carbons (Fsp3) is 0.154. The van der Waals surface area contributed by atoms with Crippen LogP contribution >= 0.6 is 11.3 Å². The predicted molar refractivity (Wildman–Crippen MR) is 125 cm³/mol. The van der Waals surface area contributed by atoms with Gasteiger partial charge in [-0.15, -0.1) is 11.3 Å². The molecule has 3 nitrogen and oxygen atoms in total. The number of hydrogen-bond acceptors (Lipinski definition) is 3. The third kappa shape index (κ3) is 4.50. The summed E-state index contributed by atoms with van der Waals surface area (Å²) in [6.07, 6.45) is 0. The van der Waals surface area contributed by atoms with E-state index in [1.165, 1.54) is 16.9 Å². The molecule has 30 heavy (non-hydrogen) atoms. The molecule has 4 rings (SSSR count). The van der Waals surface area contributed by atoms with E-state index in [0.29, 0.717) is 11.0 Å². The lowest BCUT2D eigenvalue weighted by molar-refractivity contribution is -0.116. The van der Waals surface area contributed by atoms with Crippen molar-refractivity contribution in [2.75, 3.05) is 5.32 Å². The zero-order chi connectivity index (χ0) is 20.9. The fourth-order valence-electron chi connectivity index (χ4n) is 3.47. The van der Waals surface area contributed by atoms with Gasteiger partial charge in [-0.2, -0.15) is 0 Å². The maximum absolute atomic E-state index is 13.2. The second kappa shape index (κ2) is 9.06. The minimum absolute atomic E-state index is 0.0801. The lowest BCUT2D eigenvalue weighted by atomic mass is 9.90. The van der Waals surface area contributed by atoms with Gasteiger partial charge in [-0.05, 0) is 22.6 Å². The van der Waals surface area contributed by atoms with Gasteiger partial charge in [0.25, 0.3) is 0 Å². The molecule has 0 fully saturated rings. The van der Waals surface area contributed by atoms with Gasteiger partial charge >= 0.3 is 0 Å². The van der Waals surface area contributed by atoms with Crippen LogP contribution in [0.2, 0.25) is 0 Å². The Morgan fingerprint density at radius 1 is 0.800 bits per heavy atom. The minimum atomic E-state index is -0.384. The molecule has 4 aromatic rings. The van der Waals surface area contributed by atoms with E-state index in [0.717, 1.165) is 22.4 Å². The van der Waals surface area contributed by atoms with Crippen LogP contribution in [0.15, 0.2) is 90.3 Å². The molecule has 0 radical (unpaired) electrons. The first-order valence-corrected chi connectivity index (χ1v) is 11.0. The first-order chi connectivity index (χ1) is 14.6. The van der Waals surface area contributed by atoms with E-state index >= 15 is 0 Å². The molecule has 3 aromatic carbocycles. The Morgan fingerprint density at radius 2 is 1.37 bits per heavy atom. The summed E-state index contributed by atoms with van der Waals surface area (Å²) in [5.41, 5.74) is 5.15. The van der Waals surface area contributed by atoms with Crippen LogP contribution in [0.3, 0.4) is 0 Å². The van der Waals surface area contributed by atoms with Crippen LogP contribution < -0.4 is 5.32 Å². The largest absolute Gasteiger partial charge is 0.301 e. The van der Waals surface area contributed by atoms with Gasteiger partial charge in [0.1, 0.15) is 0 Å². The molecule has 0 aliphatic rings. The van der Waals surface area contributed by atoms with Crippen LogP contribution in [0.25, 0.3) is 11.3 Å². The molecule has 1 aromatic heterocycles. The first kappa shape index (κ1) is 20.0. The molecule has 1 heterocycles. The lowest BCUT2D eigenvalue weighted by Gasteiger charge is -2.17. The van der Waals surface area contributed by atoms with Crippen molar-refractivity contribution < 1.29 is 4.79 Å². The maximum Gasteiger partial charge on any atom is 0.238 e. The number of nitrogens with one attached hydrogen (secondary N) is 1. The van der Waals surface area contributed by atoms with Crippen molar-refractivity contribution in [1.29, 1.82) is 0 Å². The van der Waals surface area contributed by atoms with Gasteiger partial charge in [-0.3, -0.25) is 4.79 Å².